The Morgan fingerprint density at radius 3 is 2.75 bits per heavy atom. The summed E-state index contributed by atoms with van der Waals surface area (Å²) in [6.45, 7) is 4.63. The first-order valence-corrected chi connectivity index (χ1v) is 10.2. The van der Waals surface area contributed by atoms with Gasteiger partial charge in [-0.05, 0) is 41.3 Å². The van der Waals surface area contributed by atoms with Crippen LogP contribution in [0.1, 0.15) is 15.9 Å². The quantitative estimate of drug-likeness (QED) is 0.826. The molecule has 0 bridgehead atoms. The van der Waals surface area contributed by atoms with Crippen LogP contribution in [0, 0.1) is 0 Å². The number of amides is 1. The average Bonchev–Trinajstić information content (AvgIpc) is 3.14. The van der Waals surface area contributed by atoms with Crippen molar-refractivity contribution >= 4 is 29.0 Å². The van der Waals surface area contributed by atoms with Crippen LogP contribution in [-0.4, -0.2) is 50.4 Å². The van der Waals surface area contributed by atoms with Crippen molar-refractivity contribution < 1.29 is 14.4 Å². The molecule has 2 aromatic rings. The number of rotatable bonds is 5. The number of methoxy groups -OCH3 is 1. The van der Waals surface area contributed by atoms with Crippen molar-refractivity contribution in [2.75, 3.05) is 39.5 Å². The summed E-state index contributed by atoms with van der Waals surface area (Å²) in [5, 5.41) is 4.34. The number of hydrogen-bond donors (Lipinski definition) is 1. The van der Waals surface area contributed by atoms with E-state index in [9.17, 15) is 4.79 Å². The van der Waals surface area contributed by atoms with Gasteiger partial charge in [0, 0.05) is 10.5 Å². The molecule has 1 amide bonds. The van der Waals surface area contributed by atoms with Gasteiger partial charge in [0.15, 0.2) is 0 Å². The Labute approximate surface area is 151 Å². The van der Waals surface area contributed by atoms with Crippen LogP contribution in [0.2, 0.25) is 0 Å². The molecule has 0 spiro atoms. The Kier molecular flexibility index (Phi) is 5.81. The SMILES string of the molecule is COc1cc(SC)ccc1C(=O)N1CC[NH+](Cc2ccsc2)CC1. The van der Waals surface area contributed by atoms with E-state index >= 15 is 0 Å². The van der Waals surface area contributed by atoms with Crippen molar-refractivity contribution in [1.29, 1.82) is 0 Å². The number of nitrogens with zero attached hydrogens (tertiary/aromatic N) is 1. The molecule has 1 N–H and O–H groups in total. The van der Waals surface area contributed by atoms with E-state index in [1.165, 1.54) is 5.56 Å². The molecule has 0 atom stereocenters. The van der Waals surface area contributed by atoms with Gasteiger partial charge in [0.25, 0.3) is 5.91 Å². The van der Waals surface area contributed by atoms with Crippen molar-refractivity contribution in [3.8, 4) is 5.75 Å². The van der Waals surface area contributed by atoms with Crippen molar-refractivity contribution in [2.24, 2.45) is 0 Å². The number of ether oxygens (including phenoxy) is 1. The van der Waals surface area contributed by atoms with Crippen LogP contribution in [0.4, 0.5) is 0 Å². The highest BCUT2D eigenvalue weighted by atomic mass is 32.2. The predicted octanol–water partition coefficient (Wildman–Crippen LogP) is 2.02. The van der Waals surface area contributed by atoms with Crippen molar-refractivity contribution in [1.82, 2.24) is 4.90 Å². The largest absolute Gasteiger partial charge is 0.496 e. The van der Waals surface area contributed by atoms with Crippen molar-refractivity contribution in [3.63, 3.8) is 0 Å². The number of thioether (sulfide) groups is 1. The van der Waals surface area contributed by atoms with Crippen LogP contribution in [-0.2, 0) is 6.54 Å². The molecule has 3 rings (SSSR count). The highest BCUT2D eigenvalue weighted by molar-refractivity contribution is 7.98. The van der Waals surface area contributed by atoms with E-state index in [4.69, 9.17) is 4.74 Å². The van der Waals surface area contributed by atoms with Gasteiger partial charge in [0.2, 0.25) is 0 Å². The van der Waals surface area contributed by atoms with Gasteiger partial charge in [0.1, 0.15) is 12.3 Å². The lowest BCUT2D eigenvalue weighted by molar-refractivity contribution is -0.917. The molecule has 2 heterocycles. The fourth-order valence-electron chi connectivity index (χ4n) is 3.03. The fourth-order valence-corrected chi connectivity index (χ4v) is 4.13. The van der Waals surface area contributed by atoms with E-state index in [1.807, 2.05) is 29.4 Å². The van der Waals surface area contributed by atoms with Crippen LogP contribution < -0.4 is 9.64 Å². The normalized spacial score (nSPS) is 15.5. The maximum absolute atomic E-state index is 12.8. The fraction of sp³-hybridized carbons (Fsp3) is 0.389. The minimum absolute atomic E-state index is 0.0779. The van der Waals surface area contributed by atoms with Crippen molar-refractivity contribution in [3.05, 3.63) is 46.2 Å². The minimum Gasteiger partial charge on any atom is -0.496 e. The number of hydrogen-bond acceptors (Lipinski definition) is 4. The third kappa shape index (κ3) is 3.94. The molecule has 4 nitrogen and oxygen atoms in total. The number of nitrogens with one attached hydrogen (secondary N) is 1. The molecule has 1 fully saturated rings. The maximum Gasteiger partial charge on any atom is 0.258 e. The first-order valence-electron chi connectivity index (χ1n) is 8.07. The lowest BCUT2D eigenvalue weighted by Crippen LogP contribution is -3.13. The van der Waals surface area contributed by atoms with Crippen LogP contribution >= 0.6 is 23.1 Å². The highest BCUT2D eigenvalue weighted by Gasteiger charge is 2.26. The molecule has 0 saturated carbocycles. The second-order valence-electron chi connectivity index (χ2n) is 5.92. The molecule has 24 heavy (non-hydrogen) atoms. The van der Waals surface area contributed by atoms with Gasteiger partial charge in [-0.2, -0.15) is 11.3 Å². The highest BCUT2D eigenvalue weighted by Crippen LogP contribution is 2.26. The van der Waals surface area contributed by atoms with E-state index in [2.05, 4.69) is 16.8 Å². The van der Waals surface area contributed by atoms with E-state index in [1.54, 1.807) is 35.1 Å². The van der Waals surface area contributed by atoms with Gasteiger partial charge in [-0.1, -0.05) is 0 Å². The molecule has 1 saturated heterocycles. The molecule has 0 aliphatic carbocycles. The molecule has 1 aromatic carbocycles. The molecule has 128 valence electrons. The van der Waals surface area contributed by atoms with E-state index in [0.717, 1.165) is 37.6 Å². The topological polar surface area (TPSA) is 34.0 Å². The lowest BCUT2D eigenvalue weighted by Gasteiger charge is -2.32. The van der Waals surface area contributed by atoms with Crippen LogP contribution in [0.15, 0.2) is 39.9 Å². The second-order valence-corrected chi connectivity index (χ2v) is 7.58. The summed E-state index contributed by atoms with van der Waals surface area (Å²) in [7, 11) is 1.62. The monoisotopic (exact) mass is 363 g/mol. The molecular formula is C18H23N2O2S2+. The summed E-state index contributed by atoms with van der Waals surface area (Å²) < 4.78 is 5.43. The average molecular weight is 364 g/mol. The zero-order valence-electron chi connectivity index (χ0n) is 14.1. The molecule has 1 aliphatic heterocycles. The number of thiophene rings is 1. The number of carbonyl (C=O) groups is 1. The van der Waals surface area contributed by atoms with Crippen molar-refractivity contribution in [2.45, 2.75) is 11.4 Å². The Hall–Kier alpha value is -1.50. The Morgan fingerprint density at radius 1 is 1.33 bits per heavy atom. The van der Waals surface area contributed by atoms with E-state index < -0.39 is 0 Å². The molecule has 0 radical (unpaired) electrons. The van der Waals surface area contributed by atoms with Gasteiger partial charge in [-0.15, -0.1) is 11.8 Å². The van der Waals surface area contributed by atoms with E-state index in [-0.39, 0.29) is 5.91 Å². The molecular weight excluding hydrogens is 340 g/mol. The maximum atomic E-state index is 12.8. The third-order valence-corrected chi connectivity index (χ3v) is 5.89. The molecule has 6 heteroatoms. The standard InChI is InChI=1S/C18H22N2O2S2/c1-22-17-11-15(23-2)3-4-16(17)18(21)20-8-6-19(7-9-20)12-14-5-10-24-13-14/h3-5,10-11,13H,6-9,12H2,1-2H3/p+1. The Balaban J connectivity index is 1.62. The number of quaternary nitrogens is 1. The second kappa shape index (κ2) is 8.05. The van der Waals surface area contributed by atoms with E-state index in [0.29, 0.717) is 11.3 Å². The summed E-state index contributed by atoms with van der Waals surface area (Å²) in [5.41, 5.74) is 2.06. The zero-order chi connectivity index (χ0) is 16.9. The Bertz CT molecular complexity index is 680. The first-order chi connectivity index (χ1) is 11.7. The predicted molar refractivity (Wildman–Crippen MR) is 99.4 cm³/mol. The van der Waals surface area contributed by atoms with Gasteiger partial charge in [0.05, 0.1) is 38.9 Å². The molecule has 0 unspecified atom stereocenters. The minimum atomic E-state index is 0.0779. The number of piperazine rings is 1. The van der Waals surface area contributed by atoms with Crippen LogP contribution in [0.5, 0.6) is 5.75 Å². The van der Waals surface area contributed by atoms with Gasteiger partial charge in [-0.25, -0.2) is 0 Å². The summed E-state index contributed by atoms with van der Waals surface area (Å²) >= 11 is 3.39. The Morgan fingerprint density at radius 2 is 2.12 bits per heavy atom. The van der Waals surface area contributed by atoms with Gasteiger partial charge < -0.3 is 14.5 Å². The smallest absolute Gasteiger partial charge is 0.258 e. The van der Waals surface area contributed by atoms with Gasteiger partial charge >= 0.3 is 0 Å². The summed E-state index contributed by atoms with van der Waals surface area (Å²) in [5.74, 6) is 0.744. The summed E-state index contributed by atoms with van der Waals surface area (Å²) in [4.78, 5) is 17.4. The van der Waals surface area contributed by atoms with Crippen LogP contribution in [0.25, 0.3) is 0 Å². The zero-order valence-corrected chi connectivity index (χ0v) is 15.7. The van der Waals surface area contributed by atoms with Crippen LogP contribution in [0.3, 0.4) is 0 Å². The molecule has 1 aliphatic rings. The number of benzene rings is 1. The first kappa shape index (κ1) is 17.3. The van der Waals surface area contributed by atoms with Gasteiger partial charge in [-0.3, -0.25) is 4.79 Å². The third-order valence-electron chi connectivity index (χ3n) is 4.43. The summed E-state index contributed by atoms with van der Waals surface area (Å²) in [6.07, 6.45) is 2.02. The summed E-state index contributed by atoms with van der Waals surface area (Å²) in [6, 6.07) is 8.00. The lowest BCUT2D eigenvalue weighted by atomic mass is 10.1. The molecule has 1 aromatic heterocycles. The number of carbonyl (C=O) groups excluding carboxylic acids is 1.